The third-order valence-electron chi connectivity index (χ3n) is 1.53. The van der Waals surface area contributed by atoms with Crippen molar-refractivity contribution in [1.82, 2.24) is 0 Å². The van der Waals surface area contributed by atoms with Crippen LogP contribution in [0, 0.1) is 0 Å². The molecule has 0 saturated heterocycles. The Morgan fingerprint density at radius 1 is 1.38 bits per heavy atom. The van der Waals surface area contributed by atoms with Gasteiger partial charge in [-0.25, -0.2) is 0 Å². The molecule has 0 aliphatic heterocycles. The molecule has 0 amide bonds. The van der Waals surface area contributed by atoms with E-state index in [0.29, 0.717) is 24.7 Å². The molecule has 13 heavy (non-hydrogen) atoms. The van der Waals surface area contributed by atoms with Gasteiger partial charge >= 0.3 is 0 Å². The lowest BCUT2D eigenvalue weighted by Gasteiger charge is -2.09. The van der Waals surface area contributed by atoms with E-state index in [1.54, 1.807) is 13.2 Å². The molecule has 0 fully saturated rings. The summed E-state index contributed by atoms with van der Waals surface area (Å²) in [5.74, 6) is 0.680. The van der Waals surface area contributed by atoms with Gasteiger partial charge in [-0.05, 0) is 28.1 Å². The molecular weight excluding hydrogens is 234 g/mol. The maximum atomic E-state index is 5.71. The second kappa shape index (κ2) is 5.09. The quantitative estimate of drug-likeness (QED) is 0.653. The summed E-state index contributed by atoms with van der Waals surface area (Å²) in [4.78, 5) is 0. The molecular formula is C9H12BrNO2. The van der Waals surface area contributed by atoms with Crippen molar-refractivity contribution in [2.75, 3.05) is 26.1 Å². The minimum absolute atomic E-state index is 0.503. The molecule has 0 bridgehead atoms. The molecule has 0 radical (unpaired) electrons. The summed E-state index contributed by atoms with van der Waals surface area (Å²) in [7, 11) is 1.63. The maximum Gasteiger partial charge on any atom is 0.156 e. The highest BCUT2D eigenvalue weighted by Gasteiger charge is 2.03. The number of ether oxygens (including phenoxy) is 2. The molecule has 0 saturated carbocycles. The standard InChI is InChI=1S/C9H12BrNO2/c1-12-5-6-13-9-7(10)3-2-4-8(9)11/h2-4H,5-6,11H2,1H3. The fourth-order valence-electron chi connectivity index (χ4n) is 0.905. The Balaban J connectivity index is 2.64. The first-order chi connectivity index (χ1) is 6.25. The van der Waals surface area contributed by atoms with Crippen molar-refractivity contribution in [3.05, 3.63) is 22.7 Å². The predicted molar refractivity (Wildman–Crippen MR) is 55.9 cm³/mol. The van der Waals surface area contributed by atoms with E-state index in [4.69, 9.17) is 15.2 Å². The molecule has 0 aliphatic carbocycles. The molecule has 0 aliphatic rings. The van der Waals surface area contributed by atoms with Crippen LogP contribution in [-0.4, -0.2) is 20.3 Å². The van der Waals surface area contributed by atoms with Gasteiger partial charge < -0.3 is 15.2 Å². The van der Waals surface area contributed by atoms with Gasteiger partial charge in [0, 0.05) is 7.11 Å². The molecule has 2 N–H and O–H groups in total. The fraction of sp³-hybridized carbons (Fsp3) is 0.333. The molecule has 0 unspecified atom stereocenters. The van der Waals surface area contributed by atoms with Gasteiger partial charge in [0.15, 0.2) is 5.75 Å². The number of hydrogen-bond acceptors (Lipinski definition) is 3. The monoisotopic (exact) mass is 245 g/mol. The van der Waals surface area contributed by atoms with E-state index in [2.05, 4.69) is 15.9 Å². The zero-order valence-electron chi connectivity index (χ0n) is 7.42. The minimum Gasteiger partial charge on any atom is -0.488 e. The lowest BCUT2D eigenvalue weighted by Crippen LogP contribution is -2.06. The third-order valence-corrected chi connectivity index (χ3v) is 2.16. The molecule has 1 rings (SSSR count). The summed E-state index contributed by atoms with van der Waals surface area (Å²) in [6.07, 6.45) is 0. The number of nitrogens with two attached hydrogens (primary N) is 1. The van der Waals surface area contributed by atoms with Crippen LogP contribution in [0.1, 0.15) is 0 Å². The number of benzene rings is 1. The zero-order chi connectivity index (χ0) is 9.68. The van der Waals surface area contributed by atoms with Crippen molar-refractivity contribution in [3.63, 3.8) is 0 Å². The molecule has 0 aromatic heterocycles. The van der Waals surface area contributed by atoms with Crippen molar-refractivity contribution in [2.45, 2.75) is 0 Å². The van der Waals surface area contributed by atoms with Crippen LogP contribution in [0.25, 0.3) is 0 Å². The number of para-hydroxylation sites is 1. The summed E-state index contributed by atoms with van der Waals surface area (Å²) in [6, 6.07) is 5.55. The van der Waals surface area contributed by atoms with Gasteiger partial charge in [-0.15, -0.1) is 0 Å². The van der Waals surface area contributed by atoms with Gasteiger partial charge in [0.2, 0.25) is 0 Å². The van der Waals surface area contributed by atoms with Crippen molar-refractivity contribution in [1.29, 1.82) is 0 Å². The number of hydrogen-bond donors (Lipinski definition) is 1. The van der Waals surface area contributed by atoms with Crippen LogP contribution < -0.4 is 10.5 Å². The van der Waals surface area contributed by atoms with E-state index in [1.807, 2.05) is 12.1 Å². The molecule has 0 spiro atoms. The normalized spacial score (nSPS) is 10.0. The molecule has 3 nitrogen and oxygen atoms in total. The fourth-order valence-corrected chi connectivity index (χ4v) is 1.40. The van der Waals surface area contributed by atoms with Crippen LogP contribution in [0.4, 0.5) is 5.69 Å². The lowest BCUT2D eigenvalue weighted by molar-refractivity contribution is 0.146. The number of methoxy groups -OCH3 is 1. The highest BCUT2D eigenvalue weighted by Crippen LogP contribution is 2.30. The first-order valence-corrected chi connectivity index (χ1v) is 4.70. The zero-order valence-corrected chi connectivity index (χ0v) is 9.00. The van der Waals surface area contributed by atoms with Crippen molar-refractivity contribution >= 4 is 21.6 Å². The van der Waals surface area contributed by atoms with E-state index in [0.717, 1.165) is 4.47 Å². The average Bonchev–Trinajstić information content (AvgIpc) is 2.10. The van der Waals surface area contributed by atoms with Crippen LogP contribution in [0.2, 0.25) is 0 Å². The molecule has 4 heteroatoms. The minimum atomic E-state index is 0.503. The van der Waals surface area contributed by atoms with Gasteiger partial charge in [-0.1, -0.05) is 6.07 Å². The van der Waals surface area contributed by atoms with E-state index >= 15 is 0 Å². The number of halogens is 1. The summed E-state index contributed by atoms with van der Waals surface area (Å²) < 4.78 is 11.1. The van der Waals surface area contributed by atoms with Crippen LogP contribution in [-0.2, 0) is 4.74 Å². The van der Waals surface area contributed by atoms with E-state index in [1.165, 1.54) is 0 Å². The van der Waals surface area contributed by atoms with Gasteiger partial charge in [0.1, 0.15) is 6.61 Å². The lowest BCUT2D eigenvalue weighted by atomic mass is 10.3. The first kappa shape index (κ1) is 10.3. The van der Waals surface area contributed by atoms with E-state index in [9.17, 15) is 0 Å². The van der Waals surface area contributed by atoms with Crippen LogP contribution >= 0.6 is 15.9 Å². The molecule has 72 valence electrons. The average molecular weight is 246 g/mol. The number of nitrogen functional groups attached to an aromatic ring is 1. The highest BCUT2D eigenvalue weighted by molar-refractivity contribution is 9.10. The van der Waals surface area contributed by atoms with E-state index < -0.39 is 0 Å². The predicted octanol–water partition coefficient (Wildman–Crippen LogP) is 2.06. The Morgan fingerprint density at radius 2 is 2.15 bits per heavy atom. The summed E-state index contributed by atoms with van der Waals surface area (Å²) in [5.41, 5.74) is 6.34. The van der Waals surface area contributed by atoms with Crippen LogP contribution in [0.3, 0.4) is 0 Å². The number of rotatable bonds is 4. The number of anilines is 1. The van der Waals surface area contributed by atoms with Gasteiger partial charge in [0.25, 0.3) is 0 Å². The third kappa shape index (κ3) is 2.90. The van der Waals surface area contributed by atoms with Gasteiger partial charge in [0.05, 0.1) is 16.8 Å². The Labute approximate surface area is 86.0 Å². The Morgan fingerprint density at radius 3 is 2.77 bits per heavy atom. The topological polar surface area (TPSA) is 44.5 Å². The van der Waals surface area contributed by atoms with Crippen LogP contribution in [0.5, 0.6) is 5.75 Å². The Hall–Kier alpha value is -0.740. The molecule has 1 aromatic carbocycles. The van der Waals surface area contributed by atoms with Crippen molar-refractivity contribution in [3.8, 4) is 5.75 Å². The summed E-state index contributed by atoms with van der Waals surface area (Å²) in [6.45, 7) is 1.06. The molecule has 1 aromatic rings. The molecule has 0 heterocycles. The Bertz CT molecular complexity index is 258. The smallest absolute Gasteiger partial charge is 0.156 e. The van der Waals surface area contributed by atoms with Gasteiger partial charge in [-0.2, -0.15) is 0 Å². The van der Waals surface area contributed by atoms with E-state index in [-0.39, 0.29) is 0 Å². The largest absolute Gasteiger partial charge is 0.488 e. The SMILES string of the molecule is COCCOc1c(N)cccc1Br. The second-order valence-electron chi connectivity index (χ2n) is 2.50. The van der Waals surface area contributed by atoms with Crippen molar-refractivity contribution in [2.24, 2.45) is 0 Å². The van der Waals surface area contributed by atoms with Crippen LogP contribution in [0.15, 0.2) is 22.7 Å². The first-order valence-electron chi connectivity index (χ1n) is 3.91. The highest BCUT2D eigenvalue weighted by atomic mass is 79.9. The second-order valence-corrected chi connectivity index (χ2v) is 3.35. The summed E-state index contributed by atoms with van der Waals surface area (Å²) >= 11 is 3.35. The Kier molecular flexibility index (Phi) is 4.05. The molecule has 0 atom stereocenters. The summed E-state index contributed by atoms with van der Waals surface area (Å²) in [5, 5.41) is 0. The maximum absolute atomic E-state index is 5.71. The van der Waals surface area contributed by atoms with Crippen molar-refractivity contribution < 1.29 is 9.47 Å². The van der Waals surface area contributed by atoms with Gasteiger partial charge in [-0.3, -0.25) is 0 Å².